The summed E-state index contributed by atoms with van der Waals surface area (Å²) in [6, 6.07) is 9.69. The monoisotopic (exact) mass is 439 g/mol. The van der Waals surface area contributed by atoms with E-state index in [0.717, 1.165) is 16.1 Å². The molecular formula is C22H22FN5O2S. The van der Waals surface area contributed by atoms with Crippen LogP contribution in [-0.4, -0.2) is 38.9 Å². The Morgan fingerprint density at radius 2 is 2.06 bits per heavy atom. The summed E-state index contributed by atoms with van der Waals surface area (Å²) in [5, 5.41) is 3.21. The number of aromatic nitrogens is 2. The molecule has 1 aromatic carbocycles. The molecular weight excluding hydrogens is 417 g/mol. The second kappa shape index (κ2) is 8.07. The number of carbonyl (C=O) groups is 2. The van der Waals surface area contributed by atoms with Crippen LogP contribution in [0.3, 0.4) is 0 Å². The lowest BCUT2D eigenvalue weighted by Crippen LogP contribution is -2.55. The van der Waals surface area contributed by atoms with Crippen LogP contribution in [0.25, 0.3) is 21.7 Å². The molecule has 3 heterocycles. The third kappa shape index (κ3) is 3.88. The predicted octanol–water partition coefficient (Wildman–Crippen LogP) is 4.19. The molecule has 4 rings (SSSR count). The normalized spacial score (nSPS) is 18.2. The number of thiazole rings is 1. The van der Waals surface area contributed by atoms with E-state index in [4.69, 9.17) is 5.73 Å². The highest BCUT2D eigenvalue weighted by atomic mass is 32.1. The van der Waals surface area contributed by atoms with Crippen LogP contribution in [-0.2, 0) is 4.79 Å². The number of amides is 3. The molecule has 0 unspecified atom stereocenters. The third-order valence-electron chi connectivity index (χ3n) is 5.60. The maximum atomic E-state index is 14.2. The minimum absolute atomic E-state index is 0.343. The van der Waals surface area contributed by atoms with Crippen molar-refractivity contribution in [2.24, 2.45) is 5.73 Å². The van der Waals surface area contributed by atoms with E-state index in [-0.39, 0.29) is 5.82 Å². The minimum atomic E-state index is -1.00. The van der Waals surface area contributed by atoms with Crippen molar-refractivity contribution in [2.45, 2.75) is 32.2 Å². The largest absolute Gasteiger partial charge is 0.368 e. The first-order valence-corrected chi connectivity index (χ1v) is 10.7. The summed E-state index contributed by atoms with van der Waals surface area (Å²) >= 11 is 1.31. The molecule has 0 radical (unpaired) electrons. The van der Waals surface area contributed by atoms with E-state index in [1.165, 1.54) is 22.3 Å². The van der Waals surface area contributed by atoms with Crippen LogP contribution in [0.4, 0.5) is 14.3 Å². The summed E-state index contributed by atoms with van der Waals surface area (Å²) in [5.41, 5.74) is 7.01. The van der Waals surface area contributed by atoms with E-state index >= 15 is 0 Å². The van der Waals surface area contributed by atoms with Gasteiger partial charge in [0, 0.05) is 18.3 Å². The van der Waals surface area contributed by atoms with Gasteiger partial charge in [-0.1, -0.05) is 23.5 Å². The molecule has 160 valence electrons. The van der Waals surface area contributed by atoms with Crippen molar-refractivity contribution < 1.29 is 14.0 Å². The van der Waals surface area contributed by atoms with E-state index < -0.39 is 17.5 Å². The van der Waals surface area contributed by atoms with E-state index in [1.807, 2.05) is 13.0 Å². The van der Waals surface area contributed by atoms with Crippen LogP contribution in [0.1, 0.15) is 25.5 Å². The number of urea groups is 1. The zero-order chi connectivity index (χ0) is 22.2. The summed E-state index contributed by atoms with van der Waals surface area (Å²) in [6.07, 6.45) is 2.87. The fourth-order valence-corrected chi connectivity index (χ4v) is 4.76. The molecule has 1 saturated heterocycles. The number of hydrogen-bond acceptors (Lipinski definition) is 5. The molecule has 7 nitrogen and oxygen atoms in total. The lowest BCUT2D eigenvalue weighted by Gasteiger charge is -2.31. The van der Waals surface area contributed by atoms with Crippen LogP contribution in [0.15, 0.2) is 42.6 Å². The van der Waals surface area contributed by atoms with Gasteiger partial charge in [0.15, 0.2) is 5.13 Å². The number of rotatable bonds is 4. The summed E-state index contributed by atoms with van der Waals surface area (Å²) in [7, 11) is 0. The lowest BCUT2D eigenvalue weighted by molar-refractivity contribution is -0.126. The molecule has 0 aliphatic carbocycles. The number of hydrogen-bond donors (Lipinski definition) is 2. The topological polar surface area (TPSA) is 101 Å². The maximum Gasteiger partial charge on any atom is 0.324 e. The lowest BCUT2D eigenvalue weighted by atomic mass is 9.98. The average molecular weight is 440 g/mol. The number of nitrogens with zero attached hydrogens (tertiary/aromatic N) is 3. The number of anilines is 1. The third-order valence-corrected chi connectivity index (χ3v) is 6.72. The Labute approximate surface area is 183 Å². The van der Waals surface area contributed by atoms with E-state index in [0.29, 0.717) is 35.8 Å². The van der Waals surface area contributed by atoms with Crippen LogP contribution in [0.2, 0.25) is 0 Å². The Morgan fingerprint density at radius 1 is 1.29 bits per heavy atom. The molecule has 3 aromatic rings. The molecule has 2 aromatic heterocycles. The summed E-state index contributed by atoms with van der Waals surface area (Å²) in [4.78, 5) is 35.7. The second-order valence-corrected chi connectivity index (χ2v) is 8.67. The molecule has 3 amide bonds. The molecule has 31 heavy (non-hydrogen) atoms. The van der Waals surface area contributed by atoms with Crippen molar-refractivity contribution in [2.75, 3.05) is 11.9 Å². The van der Waals surface area contributed by atoms with Crippen molar-refractivity contribution in [1.82, 2.24) is 14.9 Å². The zero-order valence-corrected chi connectivity index (χ0v) is 18.0. The second-order valence-electron chi connectivity index (χ2n) is 7.67. The van der Waals surface area contributed by atoms with Gasteiger partial charge in [0.05, 0.1) is 16.3 Å². The molecule has 3 N–H and O–H groups in total. The Hall–Kier alpha value is -3.33. The standard InChI is InChI=1S/C22H22FN5O2S/c1-13-18(14-8-10-25-17(12-14)15-6-3-4-7-16(15)23)31-20(26-13)27-21(30)28-11-5-9-22(28,2)19(24)29/h3-4,6-8,10,12H,5,9,11H2,1-2H3,(H2,24,29)(H,26,27,30)/t22-/m0/s1. The van der Waals surface area contributed by atoms with Crippen LogP contribution in [0.5, 0.6) is 0 Å². The fourth-order valence-electron chi connectivity index (χ4n) is 3.81. The van der Waals surface area contributed by atoms with Crippen LogP contribution < -0.4 is 11.1 Å². The number of halogens is 1. The van der Waals surface area contributed by atoms with Crippen molar-refractivity contribution in [3.8, 4) is 21.7 Å². The Balaban J connectivity index is 1.59. The van der Waals surface area contributed by atoms with E-state index in [1.54, 1.807) is 37.4 Å². The highest BCUT2D eigenvalue weighted by Crippen LogP contribution is 2.35. The Kier molecular flexibility index (Phi) is 5.45. The summed E-state index contributed by atoms with van der Waals surface area (Å²) in [5.74, 6) is -0.863. The maximum absolute atomic E-state index is 14.2. The van der Waals surface area contributed by atoms with Crippen molar-refractivity contribution in [3.63, 3.8) is 0 Å². The SMILES string of the molecule is Cc1nc(NC(=O)N2CCC[C@@]2(C)C(N)=O)sc1-c1ccnc(-c2ccccc2F)c1. The molecule has 9 heteroatoms. The van der Waals surface area contributed by atoms with Crippen molar-refractivity contribution in [1.29, 1.82) is 0 Å². The zero-order valence-electron chi connectivity index (χ0n) is 17.2. The van der Waals surface area contributed by atoms with Gasteiger partial charge in [0.25, 0.3) is 0 Å². The quantitative estimate of drug-likeness (QED) is 0.636. The van der Waals surface area contributed by atoms with Gasteiger partial charge in [-0.15, -0.1) is 0 Å². The summed E-state index contributed by atoms with van der Waals surface area (Å²) < 4.78 is 14.2. The first-order chi connectivity index (χ1) is 14.8. The number of likely N-dealkylation sites (tertiary alicyclic amines) is 1. The molecule has 1 aliphatic heterocycles. The molecule has 0 bridgehead atoms. The first kappa shape index (κ1) is 20.9. The number of carbonyl (C=O) groups excluding carboxylic acids is 2. The van der Waals surface area contributed by atoms with E-state index in [9.17, 15) is 14.0 Å². The number of nitrogens with one attached hydrogen (secondary N) is 1. The van der Waals surface area contributed by atoms with Gasteiger partial charge >= 0.3 is 6.03 Å². The van der Waals surface area contributed by atoms with Crippen LogP contribution >= 0.6 is 11.3 Å². The number of primary amides is 1. The van der Waals surface area contributed by atoms with Crippen molar-refractivity contribution >= 4 is 28.4 Å². The number of pyridine rings is 1. The highest BCUT2D eigenvalue weighted by molar-refractivity contribution is 7.19. The van der Waals surface area contributed by atoms with Gasteiger partial charge in [-0.3, -0.25) is 15.1 Å². The first-order valence-electron chi connectivity index (χ1n) is 9.87. The van der Waals surface area contributed by atoms with Crippen molar-refractivity contribution in [3.05, 3.63) is 54.1 Å². The van der Waals surface area contributed by atoms with Crippen LogP contribution in [0, 0.1) is 12.7 Å². The van der Waals surface area contributed by atoms with Gasteiger partial charge in [0.2, 0.25) is 5.91 Å². The molecule has 1 aliphatic rings. The summed E-state index contributed by atoms with van der Waals surface area (Å²) in [6.45, 7) is 3.98. The molecule has 1 fully saturated rings. The number of benzene rings is 1. The van der Waals surface area contributed by atoms with Gasteiger partial charge in [-0.2, -0.15) is 0 Å². The van der Waals surface area contributed by atoms with Gasteiger partial charge in [-0.05, 0) is 56.5 Å². The highest BCUT2D eigenvalue weighted by Gasteiger charge is 2.44. The van der Waals surface area contributed by atoms with Gasteiger partial charge < -0.3 is 10.6 Å². The minimum Gasteiger partial charge on any atom is -0.368 e. The van der Waals surface area contributed by atoms with E-state index in [2.05, 4.69) is 15.3 Å². The molecule has 1 atom stereocenters. The Morgan fingerprint density at radius 3 is 2.81 bits per heavy atom. The molecule has 0 spiro atoms. The smallest absolute Gasteiger partial charge is 0.324 e. The number of nitrogens with two attached hydrogens (primary N) is 1. The predicted molar refractivity (Wildman–Crippen MR) is 118 cm³/mol. The number of aryl methyl sites for hydroxylation is 1. The fraction of sp³-hybridized carbons (Fsp3) is 0.273. The Bertz CT molecular complexity index is 1160. The molecule has 0 saturated carbocycles. The van der Waals surface area contributed by atoms with Gasteiger partial charge in [0.1, 0.15) is 11.4 Å². The van der Waals surface area contributed by atoms with Gasteiger partial charge in [-0.25, -0.2) is 14.2 Å². The average Bonchev–Trinajstić information content (AvgIpc) is 3.32.